The van der Waals surface area contributed by atoms with E-state index < -0.39 is 0 Å². The lowest BCUT2D eigenvalue weighted by Gasteiger charge is -2.15. The van der Waals surface area contributed by atoms with Crippen molar-refractivity contribution >= 4 is 0 Å². The van der Waals surface area contributed by atoms with Crippen molar-refractivity contribution < 1.29 is 0 Å². The van der Waals surface area contributed by atoms with E-state index in [-0.39, 0.29) is 0 Å². The molecule has 20 heavy (non-hydrogen) atoms. The first-order valence-corrected chi connectivity index (χ1v) is 7.21. The summed E-state index contributed by atoms with van der Waals surface area (Å²) < 4.78 is 0. The van der Waals surface area contributed by atoms with E-state index in [1.165, 1.54) is 33.4 Å². The Kier molecular flexibility index (Phi) is 6.30. The summed E-state index contributed by atoms with van der Waals surface area (Å²) in [5.41, 5.74) is 13.4. The van der Waals surface area contributed by atoms with Crippen molar-refractivity contribution in [2.45, 2.75) is 47.0 Å². The van der Waals surface area contributed by atoms with Gasteiger partial charge in [0.25, 0.3) is 0 Å². The molecule has 0 aromatic heterocycles. The Hall–Kier alpha value is -1.76. The van der Waals surface area contributed by atoms with Gasteiger partial charge in [-0.1, -0.05) is 47.6 Å². The fourth-order valence-electron chi connectivity index (χ4n) is 2.25. The van der Waals surface area contributed by atoms with Crippen molar-refractivity contribution in [3.8, 4) is 0 Å². The van der Waals surface area contributed by atoms with Gasteiger partial charge < -0.3 is 5.73 Å². The van der Waals surface area contributed by atoms with Crippen molar-refractivity contribution in [1.29, 1.82) is 0 Å². The molecule has 1 heteroatoms. The van der Waals surface area contributed by atoms with Gasteiger partial charge in [-0.2, -0.15) is 0 Å². The van der Waals surface area contributed by atoms with Crippen LogP contribution < -0.4 is 5.73 Å². The maximum absolute atomic E-state index is 5.50. The molecule has 0 aliphatic heterocycles. The zero-order chi connectivity index (χ0) is 15.1. The lowest BCUT2D eigenvalue weighted by molar-refractivity contribution is 0.919. The molecule has 0 unspecified atom stereocenters. The Morgan fingerprint density at radius 3 is 2.15 bits per heavy atom. The third-order valence-corrected chi connectivity index (χ3v) is 3.66. The van der Waals surface area contributed by atoms with Gasteiger partial charge in [-0.25, -0.2) is 0 Å². The van der Waals surface area contributed by atoms with Crippen molar-refractivity contribution in [3.05, 3.63) is 70.5 Å². The van der Waals surface area contributed by atoms with Gasteiger partial charge >= 0.3 is 0 Å². The van der Waals surface area contributed by atoms with Gasteiger partial charge in [-0.05, 0) is 69.9 Å². The van der Waals surface area contributed by atoms with Crippen LogP contribution in [0.3, 0.4) is 0 Å². The highest BCUT2D eigenvalue weighted by atomic mass is 14.5. The van der Waals surface area contributed by atoms with Gasteiger partial charge in [0.2, 0.25) is 0 Å². The number of rotatable bonds is 5. The molecule has 0 amide bonds. The van der Waals surface area contributed by atoms with Crippen LogP contribution in [0.5, 0.6) is 0 Å². The quantitative estimate of drug-likeness (QED) is 0.668. The van der Waals surface area contributed by atoms with Gasteiger partial charge in [-0.3, -0.25) is 0 Å². The van der Waals surface area contributed by atoms with Crippen LogP contribution in [0.4, 0.5) is 0 Å². The summed E-state index contributed by atoms with van der Waals surface area (Å²) in [6, 6.07) is 0. The SMILES string of the molecule is C=C(C)C1=CC=C(/C(C)=C/C=C(\C)C/C(C)=C\N)CC1. The van der Waals surface area contributed by atoms with Gasteiger partial charge in [-0.15, -0.1) is 0 Å². The monoisotopic (exact) mass is 269 g/mol. The van der Waals surface area contributed by atoms with E-state index in [1.807, 2.05) is 0 Å². The molecule has 0 heterocycles. The highest BCUT2D eigenvalue weighted by molar-refractivity contribution is 5.43. The van der Waals surface area contributed by atoms with Crippen molar-refractivity contribution in [3.63, 3.8) is 0 Å². The van der Waals surface area contributed by atoms with E-state index in [0.717, 1.165) is 19.3 Å². The Morgan fingerprint density at radius 1 is 1.05 bits per heavy atom. The second-order valence-electron chi connectivity index (χ2n) is 5.72. The molecule has 1 aliphatic rings. The second kappa shape index (κ2) is 7.74. The number of hydrogen-bond acceptors (Lipinski definition) is 1. The smallest absolute Gasteiger partial charge is 0.00700 e. The normalized spacial score (nSPS) is 17.7. The van der Waals surface area contributed by atoms with Crippen LogP contribution in [-0.2, 0) is 0 Å². The van der Waals surface area contributed by atoms with Gasteiger partial charge in [0.15, 0.2) is 0 Å². The molecule has 1 aliphatic carbocycles. The van der Waals surface area contributed by atoms with Crippen LogP contribution in [0, 0.1) is 0 Å². The van der Waals surface area contributed by atoms with E-state index in [9.17, 15) is 0 Å². The zero-order valence-electron chi connectivity index (χ0n) is 13.3. The van der Waals surface area contributed by atoms with E-state index in [4.69, 9.17) is 5.73 Å². The van der Waals surface area contributed by atoms with Crippen LogP contribution in [0.1, 0.15) is 47.0 Å². The third kappa shape index (κ3) is 5.08. The van der Waals surface area contributed by atoms with E-state index in [0.29, 0.717) is 0 Å². The molecule has 0 saturated heterocycles. The minimum absolute atomic E-state index is 0.943. The fraction of sp³-hybridized carbons (Fsp3) is 0.368. The summed E-state index contributed by atoms with van der Waals surface area (Å²) in [5, 5.41) is 0. The summed E-state index contributed by atoms with van der Waals surface area (Å²) in [6.45, 7) is 12.5. The molecule has 0 spiro atoms. The molecule has 1 rings (SSSR count). The molecule has 0 fully saturated rings. The minimum Gasteiger partial charge on any atom is -0.405 e. The first kappa shape index (κ1) is 16.3. The molecule has 108 valence electrons. The van der Waals surface area contributed by atoms with Crippen molar-refractivity contribution in [2.24, 2.45) is 5.73 Å². The average Bonchev–Trinajstić information content (AvgIpc) is 2.44. The molecule has 0 radical (unpaired) electrons. The molecular formula is C19H27N. The Balaban J connectivity index is 2.76. The van der Waals surface area contributed by atoms with E-state index >= 15 is 0 Å². The van der Waals surface area contributed by atoms with E-state index in [1.54, 1.807) is 6.20 Å². The highest BCUT2D eigenvalue weighted by Gasteiger charge is 2.07. The van der Waals surface area contributed by atoms with Crippen LogP contribution in [0.15, 0.2) is 70.5 Å². The number of allylic oxidation sites excluding steroid dienone is 10. The first-order valence-electron chi connectivity index (χ1n) is 7.21. The lowest BCUT2D eigenvalue weighted by Crippen LogP contribution is -1.95. The molecule has 0 saturated carbocycles. The van der Waals surface area contributed by atoms with Gasteiger partial charge in [0.1, 0.15) is 0 Å². The number of nitrogens with two attached hydrogens (primary N) is 1. The molecule has 0 atom stereocenters. The third-order valence-electron chi connectivity index (χ3n) is 3.66. The maximum Gasteiger partial charge on any atom is -0.00700 e. The van der Waals surface area contributed by atoms with Crippen molar-refractivity contribution in [1.82, 2.24) is 0 Å². The van der Waals surface area contributed by atoms with Gasteiger partial charge in [0.05, 0.1) is 0 Å². The summed E-state index contributed by atoms with van der Waals surface area (Å²) in [7, 11) is 0. The molecule has 0 aromatic carbocycles. The molecule has 2 N–H and O–H groups in total. The van der Waals surface area contributed by atoms with Crippen LogP contribution in [0.2, 0.25) is 0 Å². The van der Waals surface area contributed by atoms with Crippen molar-refractivity contribution in [2.75, 3.05) is 0 Å². The molecule has 0 aromatic rings. The fourth-order valence-corrected chi connectivity index (χ4v) is 2.25. The molecular weight excluding hydrogens is 242 g/mol. The predicted octanol–water partition coefficient (Wildman–Crippen LogP) is 5.35. The zero-order valence-corrected chi connectivity index (χ0v) is 13.3. The summed E-state index contributed by atoms with van der Waals surface area (Å²) >= 11 is 0. The molecule has 1 nitrogen and oxygen atoms in total. The standard InChI is InChI=1S/C19H27N/c1-14(2)18-8-10-19(11-9-18)17(5)7-6-15(3)12-16(4)13-20/h6-8,10,13H,1,9,11-12,20H2,2-5H3/b15-6+,16-13-,17-7+. The van der Waals surface area contributed by atoms with Gasteiger partial charge in [0, 0.05) is 0 Å². The van der Waals surface area contributed by atoms with Crippen LogP contribution in [-0.4, -0.2) is 0 Å². The lowest BCUT2D eigenvalue weighted by atomic mass is 9.91. The topological polar surface area (TPSA) is 26.0 Å². The highest BCUT2D eigenvalue weighted by Crippen LogP contribution is 2.27. The Bertz CT molecular complexity index is 522. The Labute approximate surface area is 124 Å². The number of hydrogen-bond donors (Lipinski definition) is 1. The summed E-state index contributed by atoms with van der Waals surface area (Å²) in [4.78, 5) is 0. The maximum atomic E-state index is 5.50. The Morgan fingerprint density at radius 2 is 1.65 bits per heavy atom. The van der Waals surface area contributed by atoms with E-state index in [2.05, 4.69) is 58.6 Å². The van der Waals surface area contributed by atoms with Crippen LogP contribution >= 0.6 is 0 Å². The second-order valence-corrected chi connectivity index (χ2v) is 5.72. The minimum atomic E-state index is 0.943. The molecule has 0 bridgehead atoms. The first-order chi connectivity index (χ1) is 9.43. The largest absolute Gasteiger partial charge is 0.405 e. The van der Waals surface area contributed by atoms with Crippen LogP contribution in [0.25, 0.3) is 0 Å². The predicted molar refractivity (Wildman–Crippen MR) is 90.3 cm³/mol. The summed E-state index contributed by atoms with van der Waals surface area (Å²) in [6.07, 6.45) is 13.7. The summed E-state index contributed by atoms with van der Waals surface area (Å²) in [5.74, 6) is 0. The average molecular weight is 269 g/mol.